The van der Waals surface area contributed by atoms with Crippen molar-refractivity contribution in [3.05, 3.63) is 29.8 Å². The zero-order chi connectivity index (χ0) is 11.6. The van der Waals surface area contributed by atoms with Gasteiger partial charge in [0.05, 0.1) is 6.61 Å². The van der Waals surface area contributed by atoms with E-state index >= 15 is 0 Å². The van der Waals surface area contributed by atoms with Crippen molar-refractivity contribution >= 4 is 0 Å². The Labute approximate surface area is 96.3 Å². The molecule has 3 heteroatoms. The van der Waals surface area contributed by atoms with Crippen molar-refractivity contribution < 1.29 is 10.2 Å². The molecule has 3 nitrogen and oxygen atoms in total. The topological polar surface area (TPSA) is 43.7 Å². The Hall–Kier alpha value is -1.06. The van der Waals surface area contributed by atoms with Crippen LogP contribution in [-0.4, -0.2) is 33.8 Å². The third kappa shape index (κ3) is 2.20. The van der Waals surface area contributed by atoms with Gasteiger partial charge in [0.1, 0.15) is 5.75 Å². The molecule has 0 radical (unpaired) electrons. The van der Waals surface area contributed by atoms with Gasteiger partial charge in [0.2, 0.25) is 0 Å². The Balaban J connectivity index is 2.07. The van der Waals surface area contributed by atoms with Gasteiger partial charge in [-0.05, 0) is 44.0 Å². The summed E-state index contributed by atoms with van der Waals surface area (Å²) in [7, 11) is 0. The van der Waals surface area contributed by atoms with Gasteiger partial charge in [0, 0.05) is 12.1 Å². The van der Waals surface area contributed by atoms with Crippen molar-refractivity contribution in [1.82, 2.24) is 4.90 Å². The summed E-state index contributed by atoms with van der Waals surface area (Å²) in [5, 5.41) is 18.6. The predicted molar refractivity (Wildman–Crippen MR) is 63.2 cm³/mol. The number of hydrogen-bond acceptors (Lipinski definition) is 3. The number of phenols is 1. The van der Waals surface area contributed by atoms with E-state index in [1.807, 2.05) is 12.1 Å². The molecule has 1 aliphatic rings. The van der Waals surface area contributed by atoms with Gasteiger partial charge in [-0.25, -0.2) is 0 Å². The summed E-state index contributed by atoms with van der Waals surface area (Å²) in [6.45, 7) is 4.21. The summed E-state index contributed by atoms with van der Waals surface area (Å²) in [6.07, 6.45) is 2.21. The highest BCUT2D eigenvalue weighted by Crippen LogP contribution is 2.30. The van der Waals surface area contributed by atoms with E-state index in [-0.39, 0.29) is 12.1 Å². The lowest BCUT2D eigenvalue weighted by Gasteiger charge is -2.33. The number of benzene rings is 1. The summed E-state index contributed by atoms with van der Waals surface area (Å²) < 4.78 is 0. The molecule has 0 unspecified atom stereocenters. The maximum Gasteiger partial charge on any atom is 0.115 e. The second kappa shape index (κ2) is 4.44. The number of aromatic hydroxyl groups is 1. The summed E-state index contributed by atoms with van der Waals surface area (Å²) >= 11 is 0. The minimum absolute atomic E-state index is 0.0715. The van der Waals surface area contributed by atoms with E-state index in [0.717, 1.165) is 25.9 Å². The molecule has 1 heterocycles. The van der Waals surface area contributed by atoms with Gasteiger partial charge in [-0.1, -0.05) is 12.1 Å². The summed E-state index contributed by atoms with van der Waals surface area (Å²) in [5.41, 5.74) is 1.11. The fourth-order valence-corrected chi connectivity index (χ4v) is 2.35. The largest absolute Gasteiger partial charge is 0.508 e. The quantitative estimate of drug-likeness (QED) is 0.817. The molecule has 0 aliphatic carbocycles. The number of aliphatic hydroxyl groups excluding tert-OH is 1. The second-order valence-corrected chi connectivity index (χ2v) is 4.85. The van der Waals surface area contributed by atoms with Crippen molar-refractivity contribution in [3.8, 4) is 5.75 Å². The molecule has 0 saturated carbocycles. The molecule has 0 spiro atoms. The average molecular weight is 221 g/mol. The van der Waals surface area contributed by atoms with Crippen LogP contribution in [0.3, 0.4) is 0 Å². The van der Waals surface area contributed by atoms with Crippen molar-refractivity contribution in [2.24, 2.45) is 0 Å². The number of nitrogens with zero attached hydrogens (tertiary/aromatic N) is 1. The van der Waals surface area contributed by atoms with Crippen LogP contribution < -0.4 is 0 Å². The fourth-order valence-electron chi connectivity index (χ4n) is 2.35. The number of likely N-dealkylation sites (tertiary alicyclic amines) is 1. The monoisotopic (exact) mass is 221 g/mol. The standard InChI is InChI=1S/C13H19NO2/c1-13(10-15)7-2-8-14(13)9-11-3-5-12(16)6-4-11/h3-6,15-16H,2,7-10H2,1H3/t13-/m0/s1. The van der Waals surface area contributed by atoms with Crippen molar-refractivity contribution in [1.29, 1.82) is 0 Å². The van der Waals surface area contributed by atoms with Crippen molar-refractivity contribution in [2.75, 3.05) is 13.2 Å². The molecule has 0 bridgehead atoms. The van der Waals surface area contributed by atoms with E-state index in [2.05, 4.69) is 11.8 Å². The van der Waals surface area contributed by atoms with Crippen LogP contribution in [0.4, 0.5) is 0 Å². The Morgan fingerprint density at radius 2 is 2.00 bits per heavy atom. The Bertz CT molecular complexity index is 349. The van der Waals surface area contributed by atoms with Gasteiger partial charge in [-0.2, -0.15) is 0 Å². The minimum Gasteiger partial charge on any atom is -0.508 e. The van der Waals surface area contributed by atoms with Crippen LogP contribution in [0.15, 0.2) is 24.3 Å². The third-order valence-electron chi connectivity index (χ3n) is 3.56. The molecule has 2 rings (SSSR count). The highest BCUT2D eigenvalue weighted by molar-refractivity contribution is 5.26. The van der Waals surface area contributed by atoms with E-state index in [0.29, 0.717) is 5.75 Å². The van der Waals surface area contributed by atoms with E-state index < -0.39 is 0 Å². The molecule has 1 atom stereocenters. The SMILES string of the molecule is C[C@@]1(CO)CCCN1Cc1ccc(O)cc1. The summed E-state index contributed by atoms with van der Waals surface area (Å²) in [4.78, 5) is 2.32. The van der Waals surface area contributed by atoms with Crippen molar-refractivity contribution in [3.63, 3.8) is 0 Å². The Morgan fingerprint density at radius 3 is 2.62 bits per heavy atom. The number of aliphatic hydroxyl groups is 1. The molecule has 0 aromatic heterocycles. The van der Waals surface area contributed by atoms with Gasteiger partial charge < -0.3 is 10.2 Å². The van der Waals surface area contributed by atoms with E-state index in [1.165, 1.54) is 5.56 Å². The van der Waals surface area contributed by atoms with Crippen LogP contribution in [0.25, 0.3) is 0 Å². The van der Waals surface area contributed by atoms with E-state index in [4.69, 9.17) is 0 Å². The van der Waals surface area contributed by atoms with E-state index in [1.54, 1.807) is 12.1 Å². The molecular weight excluding hydrogens is 202 g/mol. The first-order chi connectivity index (χ1) is 7.64. The van der Waals surface area contributed by atoms with Crippen LogP contribution in [0.5, 0.6) is 5.75 Å². The predicted octanol–water partition coefficient (Wildman–Crippen LogP) is 1.74. The lowest BCUT2D eigenvalue weighted by Crippen LogP contribution is -2.43. The second-order valence-electron chi connectivity index (χ2n) is 4.85. The van der Waals surface area contributed by atoms with Crippen LogP contribution in [0.1, 0.15) is 25.3 Å². The maximum absolute atomic E-state index is 9.44. The third-order valence-corrected chi connectivity index (χ3v) is 3.56. The normalized spacial score (nSPS) is 26.1. The fraction of sp³-hybridized carbons (Fsp3) is 0.538. The Kier molecular flexibility index (Phi) is 3.17. The molecule has 1 aromatic carbocycles. The van der Waals surface area contributed by atoms with Gasteiger partial charge in [0.15, 0.2) is 0 Å². The Morgan fingerprint density at radius 1 is 1.31 bits per heavy atom. The molecule has 16 heavy (non-hydrogen) atoms. The summed E-state index contributed by atoms with van der Waals surface area (Å²) in [5.74, 6) is 0.301. The number of hydrogen-bond donors (Lipinski definition) is 2. The van der Waals surface area contributed by atoms with Gasteiger partial charge >= 0.3 is 0 Å². The first-order valence-electron chi connectivity index (χ1n) is 5.78. The molecular formula is C13H19NO2. The highest BCUT2D eigenvalue weighted by atomic mass is 16.3. The average Bonchev–Trinajstić information content (AvgIpc) is 2.65. The van der Waals surface area contributed by atoms with E-state index in [9.17, 15) is 10.2 Å². The van der Waals surface area contributed by atoms with Crippen LogP contribution in [-0.2, 0) is 6.54 Å². The minimum atomic E-state index is -0.0715. The van der Waals surface area contributed by atoms with Crippen LogP contribution >= 0.6 is 0 Å². The zero-order valence-electron chi connectivity index (χ0n) is 9.69. The molecule has 1 fully saturated rings. The zero-order valence-corrected chi connectivity index (χ0v) is 9.69. The molecule has 88 valence electrons. The van der Waals surface area contributed by atoms with Gasteiger partial charge in [-0.15, -0.1) is 0 Å². The van der Waals surface area contributed by atoms with Gasteiger partial charge in [-0.3, -0.25) is 4.90 Å². The number of phenolic OH excluding ortho intramolecular Hbond substituents is 1. The molecule has 2 N–H and O–H groups in total. The lowest BCUT2D eigenvalue weighted by atomic mass is 10.00. The number of rotatable bonds is 3. The first-order valence-corrected chi connectivity index (χ1v) is 5.78. The molecule has 1 saturated heterocycles. The smallest absolute Gasteiger partial charge is 0.115 e. The van der Waals surface area contributed by atoms with Gasteiger partial charge in [0.25, 0.3) is 0 Å². The molecule has 1 aromatic rings. The first kappa shape index (κ1) is 11.4. The lowest BCUT2D eigenvalue weighted by molar-refractivity contribution is 0.0734. The van der Waals surface area contributed by atoms with Crippen LogP contribution in [0, 0.1) is 0 Å². The highest BCUT2D eigenvalue weighted by Gasteiger charge is 2.35. The molecule has 1 aliphatic heterocycles. The summed E-state index contributed by atoms with van der Waals surface area (Å²) in [6, 6.07) is 7.29. The molecule has 0 amide bonds. The van der Waals surface area contributed by atoms with Crippen LogP contribution in [0.2, 0.25) is 0 Å². The van der Waals surface area contributed by atoms with Crippen molar-refractivity contribution in [2.45, 2.75) is 31.8 Å². The maximum atomic E-state index is 9.44.